The van der Waals surface area contributed by atoms with Crippen molar-refractivity contribution in [1.29, 1.82) is 0 Å². The predicted molar refractivity (Wildman–Crippen MR) is 87.2 cm³/mol. The second kappa shape index (κ2) is 7.46. The number of nitrogens with one attached hydrogen (secondary N) is 1. The van der Waals surface area contributed by atoms with Crippen LogP contribution in [0.3, 0.4) is 0 Å². The molecular weight excluding hydrogens is 314 g/mol. The van der Waals surface area contributed by atoms with Crippen LogP contribution >= 0.6 is 15.9 Å². The molecule has 2 nitrogen and oxygen atoms in total. The standard InChI is InChI=1S/C17H20BrNO/c1-13(2)11-19-12-14-6-3-4-9-17(14)20-16-8-5-7-15(18)10-16/h3-10,13,19H,11-12H2,1-2H3. The van der Waals surface area contributed by atoms with Crippen LogP contribution in [-0.2, 0) is 6.54 Å². The molecule has 0 bridgehead atoms. The molecule has 0 unspecified atom stereocenters. The van der Waals surface area contributed by atoms with Gasteiger partial charge in [-0.15, -0.1) is 0 Å². The molecule has 0 aliphatic carbocycles. The Morgan fingerprint density at radius 1 is 1.10 bits per heavy atom. The highest BCUT2D eigenvalue weighted by atomic mass is 79.9. The molecule has 0 radical (unpaired) electrons. The Morgan fingerprint density at radius 2 is 1.90 bits per heavy atom. The lowest BCUT2D eigenvalue weighted by Gasteiger charge is -2.13. The number of para-hydroxylation sites is 1. The Balaban J connectivity index is 2.07. The molecule has 106 valence electrons. The molecule has 1 N–H and O–H groups in total. The molecule has 0 amide bonds. The third-order valence-corrected chi connectivity index (χ3v) is 3.36. The van der Waals surface area contributed by atoms with Crippen LogP contribution in [0, 0.1) is 5.92 Å². The highest BCUT2D eigenvalue weighted by molar-refractivity contribution is 9.10. The van der Waals surface area contributed by atoms with Gasteiger partial charge in [-0.1, -0.05) is 54.0 Å². The van der Waals surface area contributed by atoms with Gasteiger partial charge in [-0.25, -0.2) is 0 Å². The van der Waals surface area contributed by atoms with Crippen molar-refractivity contribution in [2.45, 2.75) is 20.4 Å². The van der Waals surface area contributed by atoms with E-state index in [-0.39, 0.29) is 0 Å². The van der Waals surface area contributed by atoms with Crippen LogP contribution < -0.4 is 10.1 Å². The fourth-order valence-electron chi connectivity index (χ4n) is 1.90. The zero-order chi connectivity index (χ0) is 14.4. The van der Waals surface area contributed by atoms with Crippen LogP contribution in [0.1, 0.15) is 19.4 Å². The van der Waals surface area contributed by atoms with E-state index in [1.54, 1.807) is 0 Å². The van der Waals surface area contributed by atoms with Crippen molar-refractivity contribution in [2.24, 2.45) is 5.92 Å². The van der Waals surface area contributed by atoms with E-state index in [0.29, 0.717) is 5.92 Å². The second-order valence-corrected chi connectivity index (χ2v) is 6.11. The van der Waals surface area contributed by atoms with Gasteiger partial charge in [0.1, 0.15) is 11.5 Å². The molecule has 2 aromatic carbocycles. The summed E-state index contributed by atoms with van der Waals surface area (Å²) in [5.41, 5.74) is 1.17. The summed E-state index contributed by atoms with van der Waals surface area (Å²) in [5, 5.41) is 3.45. The highest BCUT2D eigenvalue weighted by Crippen LogP contribution is 2.27. The van der Waals surface area contributed by atoms with Crippen LogP contribution in [0.4, 0.5) is 0 Å². The van der Waals surface area contributed by atoms with Crippen LogP contribution in [0.2, 0.25) is 0 Å². The maximum Gasteiger partial charge on any atom is 0.131 e. The Morgan fingerprint density at radius 3 is 2.65 bits per heavy atom. The predicted octanol–water partition coefficient (Wildman–Crippen LogP) is 4.99. The number of benzene rings is 2. The fourth-order valence-corrected chi connectivity index (χ4v) is 2.28. The minimum Gasteiger partial charge on any atom is -0.457 e. The van der Waals surface area contributed by atoms with Crippen molar-refractivity contribution in [1.82, 2.24) is 5.32 Å². The molecule has 0 aliphatic heterocycles. The SMILES string of the molecule is CC(C)CNCc1ccccc1Oc1cccc(Br)c1. The first-order chi connectivity index (χ1) is 9.65. The maximum absolute atomic E-state index is 5.98. The minimum atomic E-state index is 0.646. The van der Waals surface area contributed by atoms with Gasteiger partial charge < -0.3 is 10.1 Å². The van der Waals surface area contributed by atoms with Gasteiger partial charge in [0.25, 0.3) is 0 Å². The van der Waals surface area contributed by atoms with Gasteiger partial charge >= 0.3 is 0 Å². The maximum atomic E-state index is 5.98. The number of halogens is 1. The van der Waals surface area contributed by atoms with Gasteiger partial charge in [-0.05, 0) is 36.7 Å². The second-order valence-electron chi connectivity index (χ2n) is 5.19. The third-order valence-electron chi connectivity index (χ3n) is 2.86. The third kappa shape index (κ3) is 4.66. The van der Waals surface area contributed by atoms with E-state index in [2.05, 4.69) is 41.2 Å². The molecule has 3 heteroatoms. The smallest absolute Gasteiger partial charge is 0.131 e. The van der Waals surface area contributed by atoms with Gasteiger partial charge in [0.05, 0.1) is 0 Å². The average Bonchev–Trinajstić information content (AvgIpc) is 2.40. The molecule has 0 heterocycles. The van der Waals surface area contributed by atoms with Gasteiger partial charge in [-0.3, -0.25) is 0 Å². The monoisotopic (exact) mass is 333 g/mol. The summed E-state index contributed by atoms with van der Waals surface area (Å²) < 4.78 is 7.00. The van der Waals surface area contributed by atoms with Crippen molar-refractivity contribution in [3.63, 3.8) is 0 Å². The molecule has 2 rings (SSSR count). The Bertz CT molecular complexity index is 554. The number of ether oxygens (including phenoxy) is 1. The lowest BCUT2D eigenvalue weighted by molar-refractivity contribution is 0.469. The first kappa shape index (κ1) is 15.1. The summed E-state index contributed by atoms with van der Waals surface area (Å²) in [6.45, 7) is 6.24. The molecule has 20 heavy (non-hydrogen) atoms. The Hall–Kier alpha value is -1.32. The van der Waals surface area contributed by atoms with Crippen molar-refractivity contribution >= 4 is 15.9 Å². The van der Waals surface area contributed by atoms with Crippen LogP contribution in [-0.4, -0.2) is 6.54 Å². The fraction of sp³-hybridized carbons (Fsp3) is 0.294. The molecule has 0 saturated carbocycles. The molecule has 0 spiro atoms. The van der Waals surface area contributed by atoms with Crippen molar-refractivity contribution < 1.29 is 4.74 Å². The summed E-state index contributed by atoms with van der Waals surface area (Å²) >= 11 is 3.46. The summed E-state index contributed by atoms with van der Waals surface area (Å²) in [6, 6.07) is 16.0. The normalized spacial score (nSPS) is 10.8. The van der Waals surface area contributed by atoms with Crippen molar-refractivity contribution in [3.8, 4) is 11.5 Å². The van der Waals surface area contributed by atoms with E-state index < -0.39 is 0 Å². The first-order valence-electron chi connectivity index (χ1n) is 6.87. The van der Waals surface area contributed by atoms with Crippen LogP contribution in [0.25, 0.3) is 0 Å². The summed E-state index contributed by atoms with van der Waals surface area (Å²) in [5.74, 6) is 2.39. The quantitative estimate of drug-likeness (QED) is 0.804. The highest BCUT2D eigenvalue weighted by Gasteiger charge is 2.05. The Kier molecular flexibility index (Phi) is 5.62. The summed E-state index contributed by atoms with van der Waals surface area (Å²) in [6.07, 6.45) is 0. The van der Waals surface area contributed by atoms with Gasteiger partial charge in [0.2, 0.25) is 0 Å². The van der Waals surface area contributed by atoms with E-state index in [9.17, 15) is 0 Å². The van der Waals surface area contributed by atoms with Crippen molar-refractivity contribution in [3.05, 3.63) is 58.6 Å². The van der Waals surface area contributed by atoms with E-state index in [0.717, 1.165) is 29.1 Å². The zero-order valence-electron chi connectivity index (χ0n) is 11.9. The minimum absolute atomic E-state index is 0.646. The zero-order valence-corrected chi connectivity index (χ0v) is 13.5. The number of hydrogen-bond donors (Lipinski definition) is 1. The largest absolute Gasteiger partial charge is 0.457 e. The number of rotatable bonds is 6. The number of hydrogen-bond acceptors (Lipinski definition) is 2. The molecule has 0 aliphatic rings. The molecule has 0 atom stereocenters. The average molecular weight is 334 g/mol. The lowest BCUT2D eigenvalue weighted by atomic mass is 10.2. The molecule has 2 aromatic rings. The van der Waals surface area contributed by atoms with E-state index in [1.807, 2.05) is 42.5 Å². The van der Waals surface area contributed by atoms with E-state index >= 15 is 0 Å². The van der Waals surface area contributed by atoms with Crippen molar-refractivity contribution in [2.75, 3.05) is 6.54 Å². The van der Waals surface area contributed by atoms with Gasteiger partial charge in [0, 0.05) is 16.6 Å². The molecule has 0 aromatic heterocycles. The van der Waals surface area contributed by atoms with E-state index in [4.69, 9.17) is 4.74 Å². The lowest BCUT2D eigenvalue weighted by Crippen LogP contribution is -2.19. The van der Waals surface area contributed by atoms with Crippen LogP contribution in [0.5, 0.6) is 11.5 Å². The van der Waals surface area contributed by atoms with Gasteiger partial charge in [0.15, 0.2) is 0 Å². The first-order valence-corrected chi connectivity index (χ1v) is 7.66. The van der Waals surface area contributed by atoms with Gasteiger partial charge in [-0.2, -0.15) is 0 Å². The molecule has 0 fully saturated rings. The Labute approximate surface area is 129 Å². The summed E-state index contributed by atoms with van der Waals surface area (Å²) in [7, 11) is 0. The molecular formula is C17H20BrNO. The summed E-state index contributed by atoms with van der Waals surface area (Å²) in [4.78, 5) is 0. The topological polar surface area (TPSA) is 21.3 Å². The van der Waals surface area contributed by atoms with Crippen LogP contribution in [0.15, 0.2) is 53.0 Å². The molecule has 0 saturated heterocycles. The van der Waals surface area contributed by atoms with E-state index in [1.165, 1.54) is 5.56 Å².